The van der Waals surface area contributed by atoms with Gasteiger partial charge in [0.25, 0.3) is 5.91 Å². The Hall–Kier alpha value is -2.87. The van der Waals surface area contributed by atoms with E-state index in [-0.39, 0.29) is 17.7 Å². The standard InChI is InChI=1S/C23H26N4O3S/c28-23(17-8-7-9-18(16-17)27-14-5-6-15-31(27,29)30)26-13-4-3-12-21(26)22-24-19-10-1-2-11-20(19)25-22/h1-2,7-11,16,21H,3-6,12-15H2,(H,24,25)/t21-/m0/s1. The van der Waals surface area contributed by atoms with E-state index < -0.39 is 10.0 Å². The number of hydrogen-bond donors (Lipinski definition) is 1. The molecule has 1 N–H and O–H groups in total. The van der Waals surface area contributed by atoms with Crippen molar-refractivity contribution in [2.75, 3.05) is 23.1 Å². The number of aromatic amines is 1. The molecule has 0 unspecified atom stereocenters. The number of nitrogens with zero attached hydrogens (tertiary/aromatic N) is 3. The third-order valence-corrected chi connectivity index (χ3v) is 8.09. The van der Waals surface area contributed by atoms with Crippen molar-refractivity contribution in [3.8, 4) is 0 Å². The first-order valence-corrected chi connectivity index (χ1v) is 12.5. The van der Waals surface area contributed by atoms with Crippen molar-refractivity contribution < 1.29 is 13.2 Å². The lowest BCUT2D eigenvalue weighted by molar-refractivity contribution is 0.0601. The Kier molecular flexibility index (Phi) is 5.17. The van der Waals surface area contributed by atoms with Crippen molar-refractivity contribution in [3.05, 3.63) is 59.9 Å². The molecule has 0 radical (unpaired) electrons. The summed E-state index contributed by atoms with van der Waals surface area (Å²) in [6.45, 7) is 1.12. The molecule has 2 fully saturated rings. The van der Waals surface area contributed by atoms with E-state index in [2.05, 4.69) is 4.98 Å². The number of amides is 1. The van der Waals surface area contributed by atoms with Crippen LogP contribution in [0.3, 0.4) is 0 Å². The van der Waals surface area contributed by atoms with Crippen molar-refractivity contribution in [2.24, 2.45) is 0 Å². The summed E-state index contributed by atoms with van der Waals surface area (Å²) in [6.07, 6.45) is 4.36. The normalized spacial score (nSPS) is 21.4. The topological polar surface area (TPSA) is 86.4 Å². The number of fused-ring (bicyclic) bond motifs is 1. The van der Waals surface area contributed by atoms with Gasteiger partial charge in [-0.05, 0) is 62.4 Å². The number of nitrogens with one attached hydrogen (secondary N) is 1. The van der Waals surface area contributed by atoms with Crippen LogP contribution in [0.15, 0.2) is 48.5 Å². The Morgan fingerprint density at radius 1 is 1.00 bits per heavy atom. The van der Waals surface area contributed by atoms with Crippen LogP contribution in [-0.4, -0.2) is 48.0 Å². The second-order valence-corrected chi connectivity index (χ2v) is 10.3. The first-order valence-electron chi connectivity index (χ1n) is 10.9. The van der Waals surface area contributed by atoms with Crippen molar-refractivity contribution in [1.82, 2.24) is 14.9 Å². The van der Waals surface area contributed by atoms with E-state index >= 15 is 0 Å². The van der Waals surface area contributed by atoms with E-state index in [1.54, 1.807) is 24.3 Å². The second kappa shape index (κ2) is 8.00. The minimum Gasteiger partial charge on any atom is -0.340 e. The summed E-state index contributed by atoms with van der Waals surface area (Å²) in [6, 6.07) is 14.8. The molecule has 0 bridgehead atoms. The van der Waals surface area contributed by atoms with Gasteiger partial charge in [-0.2, -0.15) is 0 Å². The minimum absolute atomic E-state index is 0.0820. The van der Waals surface area contributed by atoms with Gasteiger partial charge in [0.1, 0.15) is 5.82 Å². The molecular formula is C23H26N4O3S. The Morgan fingerprint density at radius 2 is 1.84 bits per heavy atom. The third kappa shape index (κ3) is 3.80. The largest absolute Gasteiger partial charge is 0.340 e. The van der Waals surface area contributed by atoms with Gasteiger partial charge in [0.15, 0.2) is 0 Å². The van der Waals surface area contributed by atoms with Gasteiger partial charge in [0, 0.05) is 18.7 Å². The van der Waals surface area contributed by atoms with Crippen molar-refractivity contribution in [3.63, 3.8) is 0 Å². The number of anilines is 1. The molecule has 0 spiro atoms. The second-order valence-electron chi connectivity index (χ2n) is 8.29. The van der Waals surface area contributed by atoms with Crippen LogP contribution in [0.25, 0.3) is 11.0 Å². The summed E-state index contributed by atoms with van der Waals surface area (Å²) in [5.74, 6) is 0.885. The Balaban J connectivity index is 1.45. The molecule has 3 heterocycles. The Morgan fingerprint density at radius 3 is 2.68 bits per heavy atom. The highest BCUT2D eigenvalue weighted by Crippen LogP contribution is 2.32. The Labute approximate surface area is 182 Å². The zero-order valence-corrected chi connectivity index (χ0v) is 18.1. The van der Waals surface area contributed by atoms with Crippen LogP contribution in [0.1, 0.15) is 54.3 Å². The number of imidazole rings is 1. The summed E-state index contributed by atoms with van der Waals surface area (Å²) < 4.78 is 26.5. The first kappa shape index (κ1) is 20.1. The number of para-hydroxylation sites is 2. The number of carbonyl (C=O) groups excluding carboxylic acids is 1. The van der Waals surface area contributed by atoms with E-state index in [1.807, 2.05) is 29.2 Å². The van der Waals surface area contributed by atoms with Crippen LogP contribution in [0.5, 0.6) is 0 Å². The minimum atomic E-state index is -3.32. The van der Waals surface area contributed by atoms with Crippen LogP contribution in [0.2, 0.25) is 0 Å². The third-order valence-electron chi connectivity index (χ3n) is 6.22. The summed E-state index contributed by atoms with van der Waals surface area (Å²) in [7, 11) is -3.32. The molecule has 8 heteroatoms. The molecule has 2 aliphatic heterocycles. The van der Waals surface area contributed by atoms with Gasteiger partial charge in [0.2, 0.25) is 10.0 Å². The fraction of sp³-hybridized carbons (Fsp3) is 0.391. The lowest BCUT2D eigenvalue weighted by Gasteiger charge is -2.35. The molecular weight excluding hydrogens is 412 g/mol. The highest BCUT2D eigenvalue weighted by atomic mass is 32.2. The molecule has 7 nitrogen and oxygen atoms in total. The number of carbonyl (C=O) groups is 1. The zero-order valence-electron chi connectivity index (χ0n) is 17.3. The molecule has 1 aromatic heterocycles. The lowest BCUT2D eigenvalue weighted by Crippen LogP contribution is -2.40. The monoisotopic (exact) mass is 438 g/mol. The Bertz CT molecular complexity index is 1190. The number of benzene rings is 2. The summed E-state index contributed by atoms with van der Waals surface area (Å²) >= 11 is 0. The number of rotatable bonds is 3. The number of H-pyrrole nitrogens is 1. The number of likely N-dealkylation sites (tertiary alicyclic amines) is 1. The molecule has 0 saturated carbocycles. The van der Waals surface area contributed by atoms with Crippen LogP contribution in [-0.2, 0) is 10.0 Å². The predicted molar refractivity (Wildman–Crippen MR) is 121 cm³/mol. The maximum absolute atomic E-state index is 13.5. The number of piperidine rings is 1. The first-order chi connectivity index (χ1) is 15.0. The van der Waals surface area contributed by atoms with Gasteiger partial charge < -0.3 is 9.88 Å². The van der Waals surface area contributed by atoms with Crippen LogP contribution in [0.4, 0.5) is 5.69 Å². The van der Waals surface area contributed by atoms with Gasteiger partial charge in [-0.25, -0.2) is 13.4 Å². The fourth-order valence-electron chi connectivity index (χ4n) is 4.63. The molecule has 1 amide bonds. The van der Waals surface area contributed by atoms with Gasteiger partial charge in [-0.15, -0.1) is 0 Å². The maximum Gasteiger partial charge on any atom is 0.254 e. The smallest absolute Gasteiger partial charge is 0.254 e. The SMILES string of the molecule is O=C(c1cccc(N2CCCCS2(=O)=O)c1)N1CCCC[C@H]1c1nc2ccccc2[nH]1. The van der Waals surface area contributed by atoms with Crippen molar-refractivity contribution in [2.45, 2.75) is 38.1 Å². The lowest BCUT2D eigenvalue weighted by atomic mass is 10.00. The van der Waals surface area contributed by atoms with E-state index in [0.717, 1.165) is 42.5 Å². The molecule has 2 aromatic carbocycles. The van der Waals surface area contributed by atoms with E-state index in [4.69, 9.17) is 4.98 Å². The highest BCUT2D eigenvalue weighted by molar-refractivity contribution is 7.92. The number of hydrogen-bond acceptors (Lipinski definition) is 4. The van der Waals surface area contributed by atoms with E-state index in [0.29, 0.717) is 30.8 Å². The number of aromatic nitrogens is 2. The summed E-state index contributed by atoms with van der Waals surface area (Å²) in [5, 5.41) is 0. The van der Waals surface area contributed by atoms with Gasteiger partial charge in [-0.1, -0.05) is 18.2 Å². The van der Waals surface area contributed by atoms with Crippen LogP contribution < -0.4 is 4.31 Å². The fourth-order valence-corrected chi connectivity index (χ4v) is 6.26. The predicted octanol–water partition coefficient (Wildman–Crippen LogP) is 3.86. The van der Waals surface area contributed by atoms with E-state index in [9.17, 15) is 13.2 Å². The average Bonchev–Trinajstić information content (AvgIpc) is 3.22. The van der Waals surface area contributed by atoms with Crippen molar-refractivity contribution in [1.29, 1.82) is 0 Å². The highest BCUT2D eigenvalue weighted by Gasteiger charge is 2.32. The average molecular weight is 439 g/mol. The van der Waals surface area contributed by atoms with Gasteiger partial charge in [0.05, 0.1) is 28.5 Å². The van der Waals surface area contributed by atoms with Crippen LogP contribution in [0, 0.1) is 0 Å². The molecule has 2 aliphatic rings. The van der Waals surface area contributed by atoms with E-state index in [1.165, 1.54) is 4.31 Å². The van der Waals surface area contributed by atoms with Gasteiger partial charge in [-0.3, -0.25) is 9.10 Å². The summed E-state index contributed by atoms with van der Waals surface area (Å²) in [5.41, 5.74) is 2.95. The molecule has 1 atom stereocenters. The van der Waals surface area contributed by atoms with Crippen LogP contribution >= 0.6 is 0 Å². The molecule has 0 aliphatic carbocycles. The molecule has 31 heavy (non-hydrogen) atoms. The molecule has 3 aromatic rings. The molecule has 162 valence electrons. The number of sulfonamides is 1. The molecule has 2 saturated heterocycles. The molecule has 5 rings (SSSR count). The summed E-state index contributed by atoms with van der Waals surface area (Å²) in [4.78, 5) is 23.5. The quantitative estimate of drug-likeness (QED) is 0.673. The van der Waals surface area contributed by atoms with Gasteiger partial charge >= 0.3 is 0 Å². The van der Waals surface area contributed by atoms with Crippen molar-refractivity contribution >= 4 is 32.7 Å². The zero-order chi connectivity index (χ0) is 21.4. The maximum atomic E-state index is 13.5.